The van der Waals surface area contributed by atoms with E-state index in [1.54, 1.807) is 6.33 Å². The maximum absolute atomic E-state index is 5.63. The van der Waals surface area contributed by atoms with E-state index in [1.807, 2.05) is 16.8 Å². The van der Waals surface area contributed by atoms with Gasteiger partial charge in [0, 0.05) is 12.1 Å². The van der Waals surface area contributed by atoms with E-state index in [-0.39, 0.29) is 0 Å². The Morgan fingerprint density at radius 1 is 1.46 bits per heavy atom. The van der Waals surface area contributed by atoms with Crippen LogP contribution in [0.1, 0.15) is 12.0 Å². The molecule has 2 nitrogen and oxygen atoms in total. The molecule has 2 rings (SSSR count). The Balaban J connectivity index is 2.26. The van der Waals surface area contributed by atoms with Crippen LogP contribution < -0.4 is 0 Å². The highest BCUT2D eigenvalue weighted by molar-refractivity contribution is 6.17. The molecule has 68 valence electrons. The molecule has 0 fully saturated rings. The minimum Gasteiger partial charge on any atom is -0.306 e. The summed E-state index contributed by atoms with van der Waals surface area (Å²) in [6, 6.07) is 4.26. The van der Waals surface area contributed by atoms with Crippen molar-refractivity contribution in [2.45, 2.75) is 12.8 Å². The minimum atomic E-state index is 0.727. The second-order valence-electron chi connectivity index (χ2n) is 3.05. The van der Waals surface area contributed by atoms with Gasteiger partial charge in [-0.2, -0.15) is 0 Å². The molecule has 0 radical (unpaired) electrons. The largest absolute Gasteiger partial charge is 0.306 e. The lowest BCUT2D eigenvalue weighted by molar-refractivity contribution is 0.925. The van der Waals surface area contributed by atoms with Crippen LogP contribution in [-0.4, -0.2) is 15.3 Å². The predicted octanol–water partition coefficient (Wildman–Crippen LogP) is 2.51. The lowest BCUT2D eigenvalue weighted by Crippen LogP contribution is -1.88. The number of imidazole rings is 1. The number of hydrogen-bond acceptors (Lipinski definition) is 1. The van der Waals surface area contributed by atoms with Crippen molar-refractivity contribution in [1.29, 1.82) is 0 Å². The van der Waals surface area contributed by atoms with Gasteiger partial charge in [-0.15, -0.1) is 11.6 Å². The van der Waals surface area contributed by atoms with Crippen LogP contribution in [0.25, 0.3) is 5.52 Å². The molecule has 0 aliphatic heterocycles. The Bertz CT molecular complexity index is 394. The van der Waals surface area contributed by atoms with Crippen LogP contribution >= 0.6 is 11.6 Å². The molecule has 0 aliphatic carbocycles. The first-order chi connectivity index (χ1) is 6.40. The zero-order valence-electron chi connectivity index (χ0n) is 7.28. The van der Waals surface area contributed by atoms with E-state index >= 15 is 0 Å². The van der Waals surface area contributed by atoms with Gasteiger partial charge < -0.3 is 4.40 Å². The number of rotatable bonds is 3. The Kier molecular flexibility index (Phi) is 2.50. The highest BCUT2D eigenvalue weighted by atomic mass is 35.5. The van der Waals surface area contributed by atoms with Crippen molar-refractivity contribution in [3.8, 4) is 0 Å². The highest BCUT2D eigenvalue weighted by Gasteiger charge is 1.95. The maximum atomic E-state index is 5.63. The van der Waals surface area contributed by atoms with Gasteiger partial charge in [-0.3, -0.25) is 0 Å². The number of pyridine rings is 1. The van der Waals surface area contributed by atoms with Crippen LogP contribution in [0.3, 0.4) is 0 Å². The standard InChI is InChI=1S/C10H11ClN2/c11-4-1-2-9-3-5-13-8-12-7-10(13)6-9/h3,5-8H,1-2,4H2. The Hall–Kier alpha value is -1.02. The number of aryl methyl sites for hydroxylation is 1. The molecular weight excluding hydrogens is 184 g/mol. The molecule has 0 N–H and O–H groups in total. The topological polar surface area (TPSA) is 17.3 Å². The molecule has 2 aromatic heterocycles. The Morgan fingerprint density at radius 3 is 3.23 bits per heavy atom. The number of fused-ring (bicyclic) bond motifs is 1. The lowest BCUT2D eigenvalue weighted by atomic mass is 10.1. The molecular formula is C10H11ClN2. The van der Waals surface area contributed by atoms with E-state index in [0.29, 0.717) is 0 Å². The van der Waals surface area contributed by atoms with E-state index in [9.17, 15) is 0 Å². The monoisotopic (exact) mass is 194 g/mol. The molecule has 0 saturated heterocycles. The number of hydrogen-bond donors (Lipinski definition) is 0. The highest BCUT2D eigenvalue weighted by Crippen LogP contribution is 2.08. The SMILES string of the molecule is ClCCCc1ccn2cncc2c1. The summed E-state index contributed by atoms with van der Waals surface area (Å²) in [7, 11) is 0. The van der Waals surface area contributed by atoms with E-state index in [1.165, 1.54) is 5.56 Å². The summed E-state index contributed by atoms with van der Waals surface area (Å²) in [5.41, 5.74) is 2.47. The van der Waals surface area contributed by atoms with Crippen molar-refractivity contribution in [2.75, 3.05) is 5.88 Å². The number of nitrogens with zero attached hydrogens (tertiary/aromatic N) is 2. The van der Waals surface area contributed by atoms with Gasteiger partial charge in [0.2, 0.25) is 0 Å². The zero-order valence-corrected chi connectivity index (χ0v) is 8.04. The third-order valence-corrected chi connectivity index (χ3v) is 2.34. The van der Waals surface area contributed by atoms with E-state index in [2.05, 4.69) is 17.1 Å². The minimum absolute atomic E-state index is 0.727. The summed E-state index contributed by atoms with van der Waals surface area (Å²) in [5.74, 6) is 0.727. The van der Waals surface area contributed by atoms with Crippen LogP contribution in [-0.2, 0) is 6.42 Å². The Morgan fingerprint density at radius 2 is 2.38 bits per heavy atom. The third kappa shape index (κ3) is 1.83. The van der Waals surface area contributed by atoms with E-state index in [0.717, 1.165) is 24.2 Å². The maximum Gasteiger partial charge on any atom is 0.0991 e. The van der Waals surface area contributed by atoms with Crippen LogP contribution in [0, 0.1) is 0 Å². The number of halogens is 1. The molecule has 3 heteroatoms. The summed E-state index contributed by atoms with van der Waals surface area (Å²) in [4.78, 5) is 4.06. The molecule has 2 aromatic rings. The predicted molar refractivity (Wildman–Crippen MR) is 54.2 cm³/mol. The normalized spacial score (nSPS) is 10.8. The second-order valence-corrected chi connectivity index (χ2v) is 3.43. The van der Waals surface area contributed by atoms with Gasteiger partial charge in [-0.25, -0.2) is 4.98 Å². The molecule has 0 unspecified atom stereocenters. The fraction of sp³-hybridized carbons (Fsp3) is 0.300. The molecule has 0 bridgehead atoms. The van der Waals surface area contributed by atoms with Crippen LogP contribution in [0.2, 0.25) is 0 Å². The molecule has 0 saturated carbocycles. The van der Waals surface area contributed by atoms with Gasteiger partial charge in [-0.1, -0.05) is 0 Å². The first-order valence-corrected chi connectivity index (χ1v) is 4.90. The van der Waals surface area contributed by atoms with E-state index < -0.39 is 0 Å². The van der Waals surface area contributed by atoms with Gasteiger partial charge in [0.1, 0.15) is 0 Å². The van der Waals surface area contributed by atoms with Crippen molar-refractivity contribution < 1.29 is 0 Å². The van der Waals surface area contributed by atoms with Gasteiger partial charge >= 0.3 is 0 Å². The van der Waals surface area contributed by atoms with Crippen LogP contribution in [0.15, 0.2) is 30.9 Å². The van der Waals surface area contributed by atoms with Gasteiger partial charge in [0.15, 0.2) is 0 Å². The Labute approximate surface area is 82.2 Å². The molecule has 13 heavy (non-hydrogen) atoms. The molecule has 0 aromatic carbocycles. The smallest absolute Gasteiger partial charge is 0.0991 e. The van der Waals surface area contributed by atoms with Crippen molar-refractivity contribution in [3.05, 3.63) is 36.4 Å². The fourth-order valence-corrected chi connectivity index (χ4v) is 1.53. The number of aromatic nitrogens is 2. The van der Waals surface area contributed by atoms with Gasteiger partial charge in [0.05, 0.1) is 18.0 Å². The summed E-state index contributed by atoms with van der Waals surface area (Å²) in [6.07, 6.45) is 7.79. The first kappa shape index (κ1) is 8.57. The number of alkyl halides is 1. The first-order valence-electron chi connectivity index (χ1n) is 4.37. The molecule has 0 spiro atoms. The third-order valence-electron chi connectivity index (χ3n) is 2.08. The zero-order chi connectivity index (χ0) is 9.10. The van der Waals surface area contributed by atoms with Crippen LogP contribution in [0.5, 0.6) is 0 Å². The molecule has 0 amide bonds. The molecule has 0 atom stereocenters. The van der Waals surface area contributed by atoms with E-state index in [4.69, 9.17) is 11.6 Å². The molecule has 0 aliphatic rings. The molecule has 2 heterocycles. The van der Waals surface area contributed by atoms with Crippen molar-refractivity contribution >= 4 is 17.1 Å². The van der Waals surface area contributed by atoms with Crippen molar-refractivity contribution in [2.24, 2.45) is 0 Å². The average Bonchev–Trinajstić information content (AvgIpc) is 2.61. The van der Waals surface area contributed by atoms with Crippen molar-refractivity contribution in [3.63, 3.8) is 0 Å². The second kappa shape index (κ2) is 3.79. The lowest BCUT2D eigenvalue weighted by Gasteiger charge is -1.99. The summed E-state index contributed by atoms with van der Waals surface area (Å²) < 4.78 is 2.00. The van der Waals surface area contributed by atoms with Gasteiger partial charge in [0.25, 0.3) is 0 Å². The fourth-order valence-electron chi connectivity index (χ4n) is 1.39. The van der Waals surface area contributed by atoms with Crippen molar-refractivity contribution in [1.82, 2.24) is 9.38 Å². The average molecular weight is 195 g/mol. The summed E-state index contributed by atoms with van der Waals surface area (Å²) >= 11 is 5.63. The summed E-state index contributed by atoms with van der Waals surface area (Å²) in [6.45, 7) is 0. The quantitative estimate of drug-likeness (QED) is 0.687. The summed E-state index contributed by atoms with van der Waals surface area (Å²) in [5, 5.41) is 0. The van der Waals surface area contributed by atoms with Gasteiger partial charge in [-0.05, 0) is 30.5 Å². The van der Waals surface area contributed by atoms with Crippen LogP contribution in [0.4, 0.5) is 0 Å².